The molecular formula is C19H24FN5O3S. The average Bonchev–Trinajstić information content (AvgIpc) is 3.02. The fourth-order valence-corrected chi connectivity index (χ4v) is 3.10. The van der Waals surface area contributed by atoms with Gasteiger partial charge in [0.05, 0.1) is 5.25 Å². The molecule has 0 radical (unpaired) electrons. The molecule has 0 bridgehead atoms. The van der Waals surface area contributed by atoms with Crippen LogP contribution in [0.5, 0.6) is 5.75 Å². The number of carbonyl (C=O) groups excluding carboxylic acids is 2. The van der Waals surface area contributed by atoms with Gasteiger partial charge in [-0.1, -0.05) is 17.8 Å². The highest BCUT2D eigenvalue weighted by atomic mass is 32.2. The van der Waals surface area contributed by atoms with Crippen molar-refractivity contribution in [2.45, 2.75) is 50.4 Å². The third kappa shape index (κ3) is 6.90. The summed E-state index contributed by atoms with van der Waals surface area (Å²) in [6.45, 7) is 9.53. The summed E-state index contributed by atoms with van der Waals surface area (Å²) in [5, 5.41) is 13.0. The van der Waals surface area contributed by atoms with E-state index in [1.807, 2.05) is 0 Å². The van der Waals surface area contributed by atoms with Gasteiger partial charge >= 0.3 is 6.03 Å². The van der Waals surface area contributed by atoms with Gasteiger partial charge in [0, 0.05) is 12.6 Å². The van der Waals surface area contributed by atoms with Gasteiger partial charge in [0.1, 0.15) is 18.2 Å². The van der Waals surface area contributed by atoms with Crippen molar-refractivity contribution in [3.05, 3.63) is 48.6 Å². The number of rotatable bonds is 9. The zero-order chi connectivity index (χ0) is 21.4. The molecule has 0 fully saturated rings. The van der Waals surface area contributed by atoms with E-state index in [0.717, 1.165) is 0 Å². The molecular weight excluding hydrogens is 397 g/mol. The van der Waals surface area contributed by atoms with Crippen molar-refractivity contribution in [1.29, 1.82) is 0 Å². The average molecular weight is 421 g/mol. The molecule has 2 rings (SSSR count). The lowest BCUT2D eigenvalue weighted by atomic mass is 10.3. The van der Waals surface area contributed by atoms with Crippen molar-refractivity contribution in [2.24, 2.45) is 0 Å². The molecule has 1 aromatic heterocycles. The number of nitrogens with zero attached hydrogens (tertiary/aromatic N) is 3. The van der Waals surface area contributed by atoms with Gasteiger partial charge in [-0.05, 0) is 45.0 Å². The molecule has 0 aliphatic rings. The van der Waals surface area contributed by atoms with Gasteiger partial charge in [0.2, 0.25) is 5.91 Å². The number of amides is 3. The summed E-state index contributed by atoms with van der Waals surface area (Å²) in [7, 11) is 0. The number of benzene rings is 1. The number of hydrogen-bond donors (Lipinski definition) is 2. The lowest BCUT2D eigenvalue weighted by Gasteiger charge is -2.14. The number of carbonyl (C=O) groups is 2. The Morgan fingerprint density at radius 2 is 1.97 bits per heavy atom. The van der Waals surface area contributed by atoms with E-state index < -0.39 is 17.2 Å². The summed E-state index contributed by atoms with van der Waals surface area (Å²) < 4.78 is 20.4. The molecule has 1 aromatic carbocycles. The largest absolute Gasteiger partial charge is 0.486 e. The van der Waals surface area contributed by atoms with Crippen molar-refractivity contribution in [1.82, 2.24) is 25.4 Å². The molecule has 0 saturated carbocycles. The second kappa shape index (κ2) is 10.6. The van der Waals surface area contributed by atoms with E-state index in [0.29, 0.717) is 23.3 Å². The first kappa shape index (κ1) is 22.4. The predicted molar refractivity (Wildman–Crippen MR) is 108 cm³/mol. The summed E-state index contributed by atoms with van der Waals surface area (Å²) in [5.74, 6) is 0.241. The Balaban J connectivity index is 2.02. The SMILES string of the molecule is C=CCn1c(COc2ccc(F)cc2)nnc1S[C@@H](C)C(=O)NC(=O)NC(C)C. The summed E-state index contributed by atoms with van der Waals surface area (Å²) in [4.78, 5) is 23.9. The van der Waals surface area contributed by atoms with Crippen LogP contribution in [0.1, 0.15) is 26.6 Å². The number of halogens is 1. The van der Waals surface area contributed by atoms with E-state index in [9.17, 15) is 14.0 Å². The first-order chi connectivity index (χ1) is 13.8. The number of thioether (sulfide) groups is 1. The van der Waals surface area contributed by atoms with Gasteiger partial charge in [-0.3, -0.25) is 14.7 Å². The number of hydrogen-bond acceptors (Lipinski definition) is 6. The lowest BCUT2D eigenvalue weighted by Crippen LogP contribution is -2.45. The highest BCUT2D eigenvalue weighted by Gasteiger charge is 2.21. The molecule has 29 heavy (non-hydrogen) atoms. The Kier molecular flexibility index (Phi) is 8.20. The van der Waals surface area contributed by atoms with Crippen LogP contribution in [0, 0.1) is 5.82 Å². The molecule has 2 aromatic rings. The number of allylic oxidation sites excluding steroid dienone is 1. The Labute approximate surface area is 172 Å². The van der Waals surface area contributed by atoms with Crippen molar-refractivity contribution >= 4 is 23.7 Å². The maximum absolute atomic E-state index is 13.0. The molecule has 1 atom stereocenters. The molecule has 1 heterocycles. The van der Waals surface area contributed by atoms with Gasteiger partial charge in [-0.15, -0.1) is 16.8 Å². The normalized spacial score (nSPS) is 11.8. The Hall–Kier alpha value is -2.88. The maximum atomic E-state index is 13.0. The summed E-state index contributed by atoms with van der Waals surface area (Å²) in [6, 6.07) is 5.03. The topological polar surface area (TPSA) is 98.1 Å². The van der Waals surface area contributed by atoms with Crippen LogP contribution >= 0.6 is 11.8 Å². The third-order valence-corrected chi connectivity index (χ3v) is 4.68. The smallest absolute Gasteiger partial charge is 0.321 e. The van der Waals surface area contributed by atoms with Crippen molar-refractivity contribution < 1.29 is 18.7 Å². The molecule has 3 amide bonds. The van der Waals surface area contributed by atoms with Crippen LogP contribution in [0.3, 0.4) is 0 Å². The van der Waals surface area contributed by atoms with Gasteiger partial charge in [0.25, 0.3) is 0 Å². The molecule has 10 heteroatoms. The minimum absolute atomic E-state index is 0.0786. The Bertz CT molecular complexity index is 854. The highest BCUT2D eigenvalue weighted by Crippen LogP contribution is 2.23. The number of aromatic nitrogens is 3. The minimum Gasteiger partial charge on any atom is -0.486 e. The van der Waals surface area contributed by atoms with Crippen molar-refractivity contribution in [3.8, 4) is 5.75 Å². The number of nitrogens with one attached hydrogen (secondary N) is 2. The molecule has 8 nitrogen and oxygen atoms in total. The van der Waals surface area contributed by atoms with Crippen LogP contribution in [0.25, 0.3) is 0 Å². The van der Waals surface area contributed by atoms with Crippen LogP contribution in [0.2, 0.25) is 0 Å². The number of ether oxygens (including phenoxy) is 1. The standard InChI is InChI=1S/C19H24FN5O3S/c1-5-10-25-16(11-28-15-8-6-14(20)7-9-15)23-24-19(25)29-13(4)17(26)22-18(27)21-12(2)3/h5-9,12-13H,1,10-11H2,2-4H3,(H2,21,22,26,27)/t13-/m0/s1. The summed E-state index contributed by atoms with van der Waals surface area (Å²) >= 11 is 1.17. The van der Waals surface area contributed by atoms with Crippen LogP contribution in [-0.2, 0) is 17.9 Å². The van der Waals surface area contributed by atoms with E-state index in [2.05, 4.69) is 27.4 Å². The van der Waals surface area contributed by atoms with Gasteiger partial charge in [-0.25, -0.2) is 9.18 Å². The second-order valence-electron chi connectivity index (χ2n) is 6.42. The zero-order valence-electron chi connectivity index (χ0n) is 16.5. The number of urea groups is 1. The van der Waals surface area contributed by atoms with Crippen molar-refractivity contribution in [2.75, 3.05) is 0 Å². The maximum Gasteiger partial charge on any atom is 0.321 e. The summed E-state index contributed by atoms with van der Waals surface area (Å²) in [5.41, 5.74) is 0. The molecule has 0 aliphatic heterocycles. The van der Waals surface area contributed by atoms with Gasteiger partial charge < -0.3 is 10.1 Å². The van der Waals surface area contributed by atoms with Crippen LogP contribution < -0.4 is 15.4 Å². The fraction of sp³-hybridized carbons (Fsp3) is 0.368. The van der Waals surface area contributed by atoms with E-state index >= 15 is 0 Å². The second-order valence-corrected chi connectivity index (χ2v) is 7.73. The quantitative estimate of drug-likeness (QED) is 0.477. The molecule has 156 valence electrons. The Morgan fingerprint density at radius 3 is 2.59 bits per heavy atom. The fourth-order valence-electron chi connectivity index (χ4n) is 2.23. The molecule has 0 saturated heterocycles. The Morgan fingerprint density at radius 1 is 1.28 bits per heavy atom. The minimum atomic E-state index is -0.577. The third-order valence-electron chi connectivity index (χ3n) is 3.59. The first-order valence-corrected chi connectivity index (χ1v) is 9.87. The summed E-state index contributed by atoms with van der Waals surface area (Å²) in [6.07, 6.45) is 1.68. The molecule has 0 unspecified atom stereocenters. The van der Waals surface area contributed by atoms with Crippen LogP contribution in [0.4, 0.5) is 9.18 Å². The predicted octanol–water partition coefficient (Wildman–Crippen LogP) is 2.90. The first-order valence-electron chi connectivity index (χ1n) is 8.99. The number of imide groups is 1. The van der Waals surface area contributed by atoms with Crippen molar-refractivity contribution in [3.63, 3.8) is 0 Å². The van der Waals surface area contributed by atoms with E-state index in [4.69, 9.17) is 4.74 Å². The molecule has 2 N–H and O–H groups in total. The molecule has 0 spiro atoms. The van der Waals surface area contributed by atoms with Crippen LogP contribution in [0.15, 0.2) is 42.1 Å². The van der Waals surface area contributed by atoms with E-state index in [-0.39, 0.29) is 18.5 Å². The zero-order valence-corrected chi connectivity index (χ0v) is 17.3. The van der Waals surface area contributed by atoms with Crippen LogP contribution in [-0.4, -0.2) is 38.0 Å². The molecule has 0 aliphatic carbocycles. The monoisotopic (exact) mass is 421 g/mol. The van der Waals surface area contributed by atoms with E-state index in [1.54, 1.807) is 31.4 Å². The highest BCUT2D eigenvalue weighted by molar-refractivity contribution is 8.00. The van der Waals surface area contributed by atoms with Gasteiger partial charge in [-0.2, -0.15) is 0 Å². The lowest BCUT2D eigenvalue weighted by molar-refractivity contribution is -0.119. The van der Waals surface area contributed by atoms with Gasteiger partial charge in [0.15, 0.2) is 11.0 Å². The van der Waals surface area contributed by atoms with E-state index in [1.165, 1.54) is 36.0 Å².